The number of nitrogens with zero attached hydrogens (tertiary/aromatic N) is 4. The van der Waals surface area contributed by atoms with Crippen molar-refractivity contribution in [2.24, 2.45) is 0 Å². The molecule has 0 saturated carbocycles. The van der Waals surface area contributed by atoms with Crippen molar-refractivity contribution in [1.29, 1.82) is 0 Å². The predicted molar refractivity (Wildman–Crippen MR) is 127 cm³/mol. The monoisotopic (exact) mass is 508 g/mol. The summed E-state index contributed by atoms with van der Waals surface area (Å²) >= 11 is 0. The molecule has 3 heterocycles. The molecule has 0 spiro atoms. The number of aromatic nitrogens is 1. The molecule has 2 saturated heterocycles. The van der Waals surface area contributed by atoms with Crippen molar-refractivity contribution in [3.63, 3.8) is 0 Å². The molecule has 35 heavy (non-hydrogen) atoms. The first kappa shape index (κ1) is 25.2. The fourth-order valence-electron chi connectivity index (χ4n) is 4.08. The van der Waals surface area contributed by atoms with Crippen molar-refractivity contribution >= 4 is 27.8 Å². The van der Waals surface area contributed by atoms with Gasteiger partial charge in [-0.15, -0.1) is 0 Å². The summed E-state index contributed by atoms with van der Waals surface area (Å²) in [5, 5.41) is 0. The molecule has 2 aromatic rings. The maximum absolute atomic E-state index is 13.0. The Balaban J connectivity index is 1.32. The van der Waals surface area contributed by atoms with E-state index < -0.39 is 21.8 Å². The molecule has 0 bridgehead atoms. The molecule has 188 valence electrons. The second kappa shape index (κ2) is 9.98. The average Bonchev–Trinajstić information content (AvgIpc) is 2.77. The minimum Gasteiger partial charge on any atom is -0.356 e. The second-order valence-corrected chi connectivity index (χ2v) is 10.8. The van der Waals surface area contributed by atoms with E-state index in [1.807, 2.05) is 6.07 Å². The molecular formula is C24H27F3N4O3S. The van der Waals surface area contributed by atoms with Crippen molar-refractivity contribution in [1.82, 2.24) is 14.2 Å². The third-order valence-corrected chi connectivity index (χ3v) is 8.01. The van der Waals surface area contributed by atoms with E-state index in [1.165, 1.54) is 28.6 Å². The third-order valence-electron chi connectivity index (χ3n) is 6.27. The van der Waals surface area contributed by atoms with E-state index in [9.17, 15) is 26.4 Å². The van der Waals surface area contributed by atoms with Crippen LogP contribution >= 0.6 is 0 Å². The van der Waals surface area contributed by atoms with Gasteiger partial charge in [-0.2, -0.15) is 17.5 Å². The highest BCUT2D eigenvalue weighted by atomic mass is 32.2. The first-order valence-electron chi connectivity index (χ1n) is 11.4. The van der Waals surface area contributed by atoms with Gasteiger partial charge in [0.1, 0.15) is 5.82 Å². The summed E-state index contributed by atoms with van der Waals surface area (Å²) in [6.07, 6.45) is 1.19. The Morgan fingerprint density at radius 2 is 1.80 bits per heavy atom. The standard InChI is InChI=1S/C24H27F3N4O3S/c1-18-17-30(35(33,34)15-2-4-19-5-8-21(9-6-19)24(25,26)27)13-14-31(18)23(32)20-7-10-22(28-16-20)29-11-3-12-29/h2,4-10,16,18H,3,11-15,17H2,1H3. The van der Waals surface area contributed by atoms with E-state index in [-0.39, 0.29) is 37.3 Å². The number of carbonyl (C=O) groups is 1. The van der Waals surface area contributed by atoms with Crippen LogP contribution in [0, 0.1) is 0 Å². The normalized spacial score (nSPS) is 19.7. The van der Waals surface area contributed by atoms with E-state index >= 15 is 0 Å². The smallest absolute Gasteiger partial charge is 0.356 e. The lowest BCUT2D eigenvalue weighted by molar-refractivity contribution is -0.137. The first-order chi connectivity index (χ1) is 16.5. The number of benzene rings is 1. The van der Waals surface area contributed by atoms with Crippen LogP contribution in [0.25, 0.3) is 6.08 Å². The van der Waals surface area contributed by atoms with Crippen LogP contribution < -0.4 is 4.90 Å². The molecule has 2 aliphatic rings. The maximum atomic E-state index is 13.0. The zero-order chi connectivity index (χ0) is 25.2. The highest BCUT2D eigenvalue weighted by molar-refractivity contribution is 7.89. The molecule has 0 radical (unpaired) electrons. The van der Waals surface area contributed by atoms with E-state index in [2.05, 4.69) is 9.88 Å². The van der Waals surface area contributed by atoms with Gasteiger partial charge < -0.3 is 9.80 Å². The van der Waals surface area contributed by atoms with Gasteiger partial charge in [0.05, 0.1) is 16.9 Å². The van der Waals surface area contributed by atoms with Crippen molar-refractivity contribution < 1.29 is 26.4 Å². The Kier molecular flexibility index (Phi) is 7.18. The summed E-state index contributed by atoms with van der Waals surface area (Å²) in [7, 11) is -3.63. The maximum Gasteiger partial charge on any atom is 0.416 e. The quantitative estimate of drug-likeness (QED) is 0.597. The zero-order valence-electron chi connectivity index (χ0n) is 19.3. The van der Waals surface area contributed by atoms with Gasteiger partial charge in [0.2, 0.25) is 10.0 Å². The number of halogens is 3. The van der Waals surface area contributed by atoms with Crippen LogP contribution in [0.5, 0.6) is 0 Å². The molecule has 0 aliphatic carbocycles. The number of anilines is 1. The minimum absolute atomic E-state index is 0.168. The van der Waals surface area contributed by atoms with Crippen LogP contribution in [0.4, 0.5) is 19.0 Å². The van der Waals surface area contributed by atoms with Crippen LogP contribution in [-0.4, -0.2) is 73.0 Å². The molecule has 1 amide bonds. The Labute approximate surface area is 202 Å². The molecule has 0 N–H and O–H groups in total. The lowest BCUT2D eigenvalue weighted by Crippen LogP contribution is -2.55. The number of carbonyl (C=O) groups excluding carboxylic acids is 1. The number of piperazine rings is 1. The Bertz CT molecular complexity index is 1180. The molecular weight excluding hydrogens is 481 g/mol. The lowest BCUT2D eigenvalue weighted by atomic mass is 10.1. The van der Waals surface area contributed by atoms with Crippen LogP contribution in [0.1, 0.15) is 34.8 Å². The average molecular weight is 509 g/mol. The van der Waals surface area contributed by atoms with Crippen LogP contribution in [0.15, 0.2) is 48.7 Å². The van der Waals surface area contributed by atoms with E-state index in [0.29, 0.717) is 11.1 Å². The minimum atomic E-state index is -4.42. The first-order valence-corrected chi connectivity index (χ1v) is 13.0. The van der Waals surface area contributed by atoms with Crippen molar-refractivity contribution in [3.05, 3.63) is 65.4 Å². The number of hydrogen-bond donors (Lipinski definition) is 0. The number of hydrogen-bond acceptors (Lipinski definition) is 5. The lowest BCUT2D eigenvalue weighted by Gasteiger charge is -2.39. The van der Waals surface area contributed by atoms with Crippen LogP contribution in [-0.2, 0) is 16.2 Å². The van der Waals surface area contributed by atoms with E-state index in [1.54, 1.807) is 24.1 Å². The van der Waals surface area contributed by atoms with Crippen molar-refractivity contribution in [2.75, 3.05) is 43.4 Å². The van der Waals surface area contributed by atoms with Gasteiger partial charge in [0, 0.05) is 45.0 Å². The van der Waals surface area contributed by atoms with Gasteiger partial charge in [0.25, 0.3) is 5.91 Å². The third kappa shape index (κ3) is 5.84. The summed E-state index contributed by atoms with van der Waals surface area (Å²) in [5.74, 6) is 0.386. The highest BCUT2D eigenvalue weighted by Crippen LogP contribution is 2.29. The molecule has 1 unspecified atom stereocenters. The number of alkyl halides is 3. The summed E-state index contributed by atoms with van der Waals surface area (Å²) in [6.45, 7) is 4.34. The highest BCUT2D eigenvalue weighted by Gasteiger charge is 2.33. The zero-order valence-corrected chi connectivity index (χ0v) is 20.1. The predicted octanol–water partition coefficient (Wildman–Crippen LogP) is 3.50. The van der Waals surface area contributed by atoms with Gasteiger partial charge in [0.15, 0.2) is 0 Å². The number of rotatable bonds is 6. The van der Waals surface area contributed by atoms with Gasteiger partial charge >= 0.3 is 6.18 Å². The van der Waals surface area contributed by atoms with E-state index in [4.69, 9.17) is 0 Å². The van der Waals surface area contributed by atoms with Crippen LogP contribution in [0.2, 0.25) is 0 Å². The summed E-state index contributed by atoms with van der Waals surface area (Å²) in [6, 6.07) is 7.78. The van der Waals surface area contributed by atoms with Crippen molar-refractivity contribution in [3.8, 4) is 0 Å². The SMILES string of the molecule is CC1CN(S(=O)(=O)CC=Cc2ccc(C(F)(F)F)cc2)CCN1C(=O)c1ccc(N2CCC2)nc1. The molecule has 1 aromatic carbocycles. The fourth-order valence-corrected chi connectivity index (χ4v) is 5.44. The topological polar surface area (TPSA) is 73.8 Å². The Hall–Kier alpha value is -2.92. The fraction of sp³-hybridized carbons (Fsp3) is 0.417. The van der Waals surface area contributed by atoms with Gasteiger partial charge in [-0.3, -0.25) is 4.79 Å². The second-order valence-electron chi connectivity index (χ2n) is 8.75. The van der Waals surface area contributed by atoms with Crippen LogP contribution in [0.3, 0.4) is 0 Å². The summed E-state index contributed by atoms with van der Waals surface area (Å²) < 4.78 is 64.9. The Morgan fingerprint density at radius 3 is 2.34 bits per heavy atom. The van der Waals surface area contributed by atoms with Gasteiger partial charge in [-0.05, 0) is 43.2 Å². The van der Waals surface area contributed by atoms with Crippen molar-refractivity contribution in [2.45, 2.75) is 25.6 Å². The number of pyridine rings is 1. The number of amides is 1. The molecule has 11 heteroatoms. The van der Waals surface area contributed by atoms with Gasteiger partial charge in [-0.1, -0.05) is 24.3 Å². The summed E-state index contributed by atoms with van der Waals surface area (Å²) in [5.41, 5.74) is 0.189. The van der Waals surface area contributed by atoms with Gasteiger partial charge in [-0.25, -0.2) is 13.4 Å². The molecule has 1 atom stereocenters. The molecule has 2 fully saturated rings. The summed E-state index contributed by atoms with van der Waals surface area (Å²) in [4.78, 5) is 21.1. The number of sulfonamides is 1. The van der Waals surface area contributed by atoms with E-state index in [0.717, 1.165) is 37.5 Å². The molecule has 2 aliphatic heterocycles. The molecule has 4 rings (SSSR count). The Morgan fingerprint density at radius 1 is 1.09 bits per heavy atom. The largest absolute Gasteiger partial charge is 0.416 e. The molecule has 7 nitrogen and oxygen atoms in total. The molecule has 1 aromatic heterocycles.